The molecule has 0 radical (unpaired) electrons. The van der Waals surface area contributed by atoms with Gasteiger partial charge in [-0.05, 0) is 61.9 Å². The number of nitrogens with one attached hydrogen (secondary N) is 3. The lowest BCUT2D eigenvalue weighted by Gasteiger charge is -2.42. The van der Waals surface area contributed by atoms with Crippen molar-refractivity contribution < 1.29 is 9.18 Å². The number of nitriles is 1. The lowest BCUT2D eigenvalue weighted by molar-refractivity contribution is -0.127. The van der Waals surface area contributed by atoms with Crippen molar-refractivity contribution in [1.82, 2.24) is 30.3 Å². The van der Waals surface area contributed by atoms with Crippen LogP contribution in [0, 0.1) is 29.0 Å². The molecule has 7 rings (SSSR count). The Labute approximate surface area is 270 Å². The molecule has 0 aliphatic carbocycles. The molecule has 4 aromatic rings. The molecule has 46 heavy (non-hydrogen) atoms. The molecule has 0 bridgehead atoms. The summed E-state index contributed by atoms with van der Waals surface area (Å²) in [4.78, 5) is 32.2. The van der Waals surface area contributed by atoms with E-state index in [1.807, 2.05) is 36.5 Å². The minimum atomic E-state index is -0.341. The van der Waals surface area contributed by atoms with Gasteiger partial charge < -0.3 is 25.8 Å². The van der Waals surface area contributed by atoms with Crippen LogP contribution in [0.3, 0.4) is 0 Å². The first-order valence-corrected chi connectivity index (χ1v) is 16.4. The van der Waals surface area contributed by atoms with Crippen molar-refractivity contribution in [2.45, 2.75) is 32.0 Å². The van der Waals surface area contributed by atoms with E-state index < -0.39 is 0 Å². The highest BCUT2D eigenvalue weighted by atomic mass is 32.1. The lowest BCUT2D eigenvalue weighted by atomic mass is 9.88. The van der Waals surface area contributed by atoms with Crippen LogP contribution in [0.2, 0.25) is 0 Å². The molecular formula is C33H35FN10OS. The maximum absolute atomic E-state index is 13.6. The molecule has 1 aromatic carbocycles. The number of anilines is 3. The summed E-state index contributed by atoms with van der Waals surface area (Å²) >= 11 is 1.29. The molecule has 3 aromatic heterocycles. The predicted octanol–water partition coefficient (Wildman–Crippen LogP) is 3.84. The quantitative estimate of drug-likeness (QED) is 0.266. The minimum Gasteiger partial charge on any atom is -0.353 e. The van der Waals surface area contributed by atoms with Crippen LogP contribution in [0.4, 0.5) is 21.0 Å². The average Bonchev–Trinajstić information content (AvgIpc) is 3.66. The van der Waals surface area contributed by atoms with Crippen molar-refractivity contribution in [2.24, 2.45) is 16.8 Å². The molecule has 0 saturated carbocycles. The summed E-state index contributed by atoms with van der Waals surface area (Å²) in [6.45, 7) is 5.11. The topological polar surface area (TPSA) is 126 Å². The van der Waals surface area contributed by atoms with E-state index in [1.54, 1.807) is 12.1 Å². The van der Waals surface area contributed by atoms with Gasteiger partial charge in [-0.25, -0.2) is 14.4 Å². The number of benzene rings is 1. The van der Waals surface area contributed by atoms with Crippen LogP contribution in [-0.4, -0.2) is 71.9 Å². The molecule has 3 aliphatic heterocycles. The number of imidazole rings is 1. The van der Waals surface area contributed by atoms with Gasteiger partial charge in [-0.2, -0.15) is 5.26 Å². The highest BCUT2D eigenvalue weighted by molar-refractivity contribution is 7.16. The number of carbonyl (C=O) groups is 1. The standard InChI is InChI=1S/C33H35FN10OS/c1-3-25-32(42(2)33-41-29(27(15-35)46-33)20-5-7-22(34)8-6-20)44-19-23(9-10-28(44)39-25)43-14-4-12-38-30(43)24-18-36-13-11-26(24)40-31(45)21-16-37-17-21/h4-10,12,14,19,21,24,26,30,36-37H,3,11,13,16-18H2,1-2H3,(H,40,45). The van der Waals surface area contributed by atoms with E-state index >= 15 is 0 Å². The summed E-state index contributed by atoms with van der Waals surface area (Å²) in [7, 11) is 1.93. The summed E-state index contributed by atoms with van der Waals surface area (Å²) < 4.78 is 15.7. The number of halogens is 1. The molecular weight excluding hydrogens is 603 g/mol. The third-order valence-electron chi connectivity index (χ3n) is 8.97. The lowest BCUT2D eigenvalue weighted by Crippen LogP contribution is -2.59. The number of carbonyl (C=O) groups excluding carboxylic acids is 1. The van der Waals surface area contributed by atoms with Crippen molar-refractivity contribution in [3.63, 3.8) is 0 Å². The van der Waals surface area contributed by atoms with Gasteiger partial charge in [0.15, 0.2) is 5.13 Å². The molecule has 0 spiro atoms. The molecule has 6 heterocycles. The number of hydrogen-bond donors (Lipinski definition) is 3. The van der Waals surface area contributed by atoms with Crippen molar-refractivity contribution in [2.75, 3.05) is 43.0 Å². The molecule has 13 heteroatoms. The van der Waals surface area contributed by atoms with Gasteiger partial charge in [-0.15, -0.1) is 0 Å². The summed E-state index contributed by atoms with van der Waals surface area (Å²) in [5, 5.41) is 20.6. The van der Waals surface area contributed by atoms with E-state index in [1.165, 1.54) is 23.5 Å². The summed E-state index contributed by atoms with van der Waals surface area (Å²) in [6, 6.07) is 12.3. The van der Waals surface area contributed by atoms with Gasteiger partial charge in [0.2, 0.25) is 5.91 Å². The van der Waals surface area contributed by atoms with Crippen LogP contribution in [0.1, 0.15) is 23.9 Å². The van der Waals surface area contributed by atoms with Crippen LogP contribution in [0.15, 0.2) is 59.9 Å². The number of rotatable bonds is 8. The second-order valence-corrected chi connectivity index (χ2v) is 12.8. The normalized spacial score (nSPS) is 21.3. The van der Waals surface area contributed by atoms with Gasteiger partial charge in [0.25, 0.3) is 0 Å². The number of thiazole rings is 1. The third-order valence-corrected chi connectivity index (χ3v) is 10.0. The molecule has 3 atom stereocenters. The van der Waals surface area contributed by atoms with Crippen molar-refractivity contribution >= 4 is 45.7 Å². The Hall–Kier alpha value is -4.64. The number of amides is 1. The first kappa shape index (κ1) is 30.0. The maximum atomic E-state index is 13.6. The number of pyridine rings is 1. The van der Waals surface area contributed by atoms with E-state index in [-0.39, 0.29) is 35.8 Å². The predicted molar refractivity (Wildman–Crippen MR) is 178 cm³/mol. The first-order valence-electron chi connectivity index (χ1n) is 15.6. The number of aliphatic imine (C=N–C) groups is 1. The highest BCUT2D eigenvalue weighted by Crippen LogP contribution is 2.38. The zero-order valence-electron chi connectivity index (χ0n) is 25.7. The molecule has 236 valence electrons. The Kier molecular flexibility index (Phi) is 8.25. The monoisotopic (exact) mass is 638 g/mol. The van der Waals surface area contributed by atoms with Gasteiger partial charge >= 0.3 is 0 Å². The Morgan fingerprint density at radius 1 is 1.17 bits per heavy atom. The van der Waals surface area contributed by atoms with Gasteiger partial charge in [-0.1, -0.05) is 18.3 Å². The number of hydrogen-bond acceptors (Lipinski definition) is 10. The zero-order valence-corrected chi connectivity index (χ0v) is 26.5. The summed E-state index contributed by atoms with van der Waals surface area (Å²) in [6.07, 6.45) is 9.19. The Morgan fingerprint density at radius 3 is 2.74 bits per heavy atom. The van der Waals surface area contributed by atoms with E-state index in [2.05, 4.69) is 50.5 Å². The van der Waals surface area contributed by atoms with E-state index in [0.717, 1.165) is 55.4 Å². The van der Waals surface area contributed by atoms with Gasteiger partial charge in [0, 0.05) is 62.8 Å². The van der Waals surface area contributed by atoms with Gasteiger partial charge in [0.1, 0.15) is 40.1 Å². The average molecular weight is 639 g/mol. The van der Waals surface area contributed by atoms with Crippen LogP contribution in [0.25, 0.3) is 16.9 Å². The minimum absolute atomic E-state index is 0.00500. The second kappa shape index (κ2) is 12.6. The van der Waals surface area contributed by atoms with E-state index in [4.69, 9.17) is 15.0 Å². The summed E-state index contributed by atoms with van der Waals surface area (Å²) in [5.41, 5.74) is 3.83. The maximum Gasteiger partial charge on any atom is 0.225 e. The van der Waals surface area contributed by atoms with Crippen LogP contribution in [-0.2, 0) is 11.2 Å². The summed E-state index contributed by atoms with van der Waals surface area (Å²) in [5.74, 6) is 0.710. The molecule has 2 fully saturated rings. The van der Waals surface area contributed by atoms with Crippen molar-refractivity contribution in [1.29, 1.82) is 5.26 Å². The zero-order chi connectivity index (χ0) is 31.8. The van der Waals surface area contributed by atoms with Crippen molar-refractivity contribution in [3.8, 4) is 17.3 Å². The van der Waals surface area contributed by atoms with Crippen LogP contribution >= 0.6 is 11.3 Å². The molecule has 2 saturated heterocycles. The fourth-order valence-corrected chi connectivity index (χ4v) is 7.22. The van der Waals surface area contributed by atoms with Crippen LogP contribution in [0.5, 0.6) is 0 Å². The van der Waals surface area contributed by atoms with Gasteiger partial charge in [-0.3, -0.25) is 14.2 Å². The molecule has 3 unspecified atom stereocenters. The number of piperidine rings is 1. The molecule has 11 nitrogen and oxygen atoms in total. The fraction of sp³-hybridized carbons (Fsp3) is 0.364. The fourth-order valence-electron chi connectivity index (χ4n) is 6.37. The smallest absolute Gasteiger partial charge is 0.225 e. The number of nitrogens with zero attached hydrogens (tertiary/aromatic N) is 7. The Morgan fingerprint density at radius 2 is 2.00 bits per heavy atom. The van der Waals surface area contributed by atoms with Crippen LogP contribution < -0.4 is 25.8 Å². The largest absolute Gasteiger partial charge is 0.353 e. The first-order chi connectivity index (χ1) is 22.4. The van der Waals surface area contributed by atoms with Crippen molar-refractivity contribution in [3.05, 3.63) is 71.3 Å². The molecule has 1 amide bonds. The second-order valence-electron chi connectivity index (χ2n) is 11.8. The highest BCUT2D eigenvalue weighted by Gasteiger charge is 2.38. The van der Waals surface area contributed by atoms with Gasteiger partial charge in [0.05, 0.1) is 17.3 Å². The Balaban J connectivity index is 1.22. The number of aryl methyl sites for hydroxylation is 1. The third kappa shape index (κ3) is 5.53. The Bertz CT molecular complexity index is 1850. The number of aromatic nitrogens is 3. The number of fused-ring (bicyclic) bond motifs is 1. The SMILES string of the molecule is CCc1nc2ccc(N3C=CC=NC3C3CNCCC3NC(=O)C3CNC3)cn2c1N(C)c1nc(-c2ccc(F)cc2)c(C#N)s1. The number of allylic oxidation sites excluding steroid dienone is 1. The molecule has 3 aliphatic rings. The molecule has 3 N–H and O–H groups in total. The van der Waals surface area contributed by atoms with E-state index in [9.17, 15) is 14.4 Å². The van der Waals surface area contributed by atoms with E-state index in [0.29, 0.717) is 27.7 Å².